The van der Waals surface area contributed by atoms with Crippen molar-refractivity contribution in [3.8, 4) is 0 Å². The first-order valence-corrected chi connectivity index (χ1v) is 5.60. The number of anilines is 1. The molecule has 1 atom stereocenters. The number of alkyl halides is 3. The van der Waals surface area contributed by atoms with Gasteiger partial charge in [0.25, 0.3) is 0 Å². The predicted molar refractivity (Wildman–Crippen MR) is 63.0 cm³/mol. The number of nitrogens with one attached hydrogen (secondary N) is 1. The summed E-state index contributed by atoms with van der Waals surface area (Å²) in [6, 6.07) is 1.93. The quantitative estimate of drug-likeness (QED) is 0.802. The molecular weight excluding hydrogens is 294 g/mol. The summed E-state index contributed by atoms with van der Waals surface area (Å²) < 4.78 is 37.8. The van der Waals surface area contributed by atoms with Crippen molar-refractivity contribution in [3.63, 3.8) is 0 Å². The van der Waals surface area contributed by atoms with Crippen LogP contribution < -0.4 is 5.32 Å². The van der Waals surface area contributed by atoms with Gasteiger partial charge in [-0.05, 0) is 12.1 Å². The Morgan fingerprint density at radius 2 is 1.89 bits per heavy atom. The smallest absolute Gasteiger partial charge is 0.394 e. The summed E-state index contributed by atoms with van der Waals surface area (Å²) >= 11 is 11.2. The minimum Gasteiger partial charge on any atom is -0.394 e. The van der Waals surface area contributed by atoms with Crippen LogP contribution in [0.5, 0.6) is 0 Å². The maximum atomic E-state index is 12.6. The summed E-state index contributed by atoms with van der Waals surface area (Å²) in [5.74, 6) is 0. The molecule has 1 aromatic rings. The highest BCUT2D eigenvalue weighted by Crippen LogP contribution is 2.40. The van der Waals surface area contributed by atoms with Gasteiger partial charge in [0.1, 0.15) is 0 Å². The van der Waals surface area contributed by atoms with E-state index < -0.39 is 29.5 Å². The van der Waals surface area contributed by atoms with Crippen LogP contribution in [0.25, 0.3) is 0 Å². The summed E-state index contributed by atoms with van der Waals surface area (Å²) in [6.45, 7) is -0.662. The topological polar surface area (TPSA) is 52.5 Å². The molecule has 3 nitrogen and oxygen atoms in total. The van der Waals surface area contributed by atoms with Crippen molar-refractivity contribution in [3.05, 3.63) is 27.7 Å². The molecule has 0 aliphatic carbocycles. The van der Waals surface area contributed by atoms with Crippen LogP contribution in [0.2, 0.25) is 10.0 Å². The Hall–Kier alpha value is -0.690. The van der Waals surface area contributed by atoms with Crippen molar-refractivity contribution in [1.82, 2.24) is 0 Å². The van der Waals surface area contributed by atoms with E-state index >= 15 is 0 Å². The maximum Gasteiger partial charge on any atom is 0.417 e. The zero-order valence-electron chi connectivity index (χ0n) is 8.93. The third-order valence-corrected chi connectivity index (χ3v) is 2.71. The summed E-state index contributed by atoms with van der Waals surface area (Å²) in [4.78, 5) is 0. The zero-order chi connectivity index (χ0) is 13.9. The Kier molecular flexibility index (Phi) is 5.10. The van der Waals surface area contributed by atoms with E-state index in [0.29, 0.717) is 0 Å². The van der Waals surface area contributed by atoms with Crippen LogP contribution in [0.1, 0.15) is 5.56 Å². The average Bonchev–Trinajstić information content (AvgIpc) is 2.27. The standard InChI is InChI=1S/C10H10Cl2F3NO2/c11-5-1-7(10(13,14)15)9(12)8(2-5)16-3-6(18)4-17/h1-2,6,16-18H,3-4H2. The van der Waals surface area contributed by atoms with E-state index in [1.165, 1.54) is 6.07 Å². The molecule has 8 heteroatoms. The molecule has 102 valence electrons. The van der Waals surface area contributed by atoms with Crippen LogP contribution in [0.3, 0.4) is 0 Å². The van der Waals surface area contributed by atoms with Gasteiger partial charge in [-0.2, -0.15) is 13.2 Å². The van der Waals surface area contributed by atoms with Crippen LogP contribution in [0, 0.1) is 0 Å². The molecule has 0 aliphatic rings. The largest absolute Gasteiger partial charge is 0.417 e. The van der Waals surface area contributed by atoms with E-state index in [4.69, 9.17) is 33.4 Å². The van der Waals surface area contributed by atoms with Gasteiger partial charge < -0.3 is 15.5 Å². The lowest BCUT2D eigenvalue weighted by molar-refractivity contribution is -0.137. The third kappa shape index (κ3) is 3.91. The van der Waals surface area contributed by atoms with Gasteiger partial charge in [0.2, 0.25) is 0 Å². The van der Waals surface area contributed by atoms with E-state index in [-0.39, 0.29) is 17.3 Å². The number of aliphatic hydroxyl groups excluding tert-OH is 2. The monoisotopic (exact) mass is 303 g/mol. The SMILES string of the molecule is OCC(O)CNc1cc(Cl)cc(C(F)(F)F)c1Cl. The van der Waals surface area contributed by atoms with Gasteiger partial charge in [-0.1, -0.05) is 23.2 Å². The van der Waals surface area contributed by atoms with Gasteiger partial charge in [0.05, 0.1) is 29.0 Å². The average molecular weight is 304 g/mol. The van der Waals surface area contributed by atoms with Gasteiger partial charge in [0, 0.05) is 11.6 Å². The van der Waals surface area contributed by atoms with Crippen LogP contribution >= 0.6 is 23.2 Å². The van der Waals surface area contributed by atoms with E-state index in [0.717, 1.165) is 6.07 Å². The van der Waals surface area contributed by atoms with Gasteiger partial charge in [0.15, 0.2) is 0 Å². The molecular formula is C10H10Cl2F3NO2. The van der Waals surface area contributed by atoms with Crippen LogP contribution in [-0.4, -0.2) is 29.5 Å². The number of benzene rings is 1. The molecule has 0 heterocycles. The van der Waals surface area contributed by atoms with Crippen LogP contribution in [-0.2, 0) is 6.18 Å². The molecule has 0 amide bonds. The predicted octanol–water partition coefficient (Wildman–Crippen LogP) is 2.78. The Morgan fingerprint density at radius 1 is 1.28 bits per heavy atom. The molecule has 1 aromatic carbocycles. The van der Waals surface area contributed by atoms with Crippen LogP contribution in [0.4, 0.5) is 18.9 Å². The van der Waals surface area contributed by atoms with Crippen molar-refractivity contribution < 1.29 is 23.4 Å². The molecule has 0 saturated heterocycles. The van der Waals surface area contributed by atoms with Crippen molar-refractivity contribution in [2.24, 2.45) is 0 Å². The second-order valence-electron chi connectivity index (χ2n) is 3.53. The number of aliphatic hydroxyl groups is 2. The number of hydrogen-bond donors (Lipinski definition) is 3. The highest BCUT2D eigenvalue weighted by molar-refractivity contribution is 6.36. The first-order chi connectivity index (χ1) is 8.25. The molecule has 0 bridgehead atoms. The Morgan fingerprint density at radius 3 is 2.39 bits per heavy atom. The highest BCUT2D eigenvalue weighted by Gasteiger charge is 2.34. The Bertz CT molecular complexity index is 426. The van der Waals surface area contributed by atoms with Gasteiger partial charge in [-0.25, -0.2) is 0 Å². The Balaban J connectivity index is 3.02. The highest BCUT2D eigenvalue weighted by atomic mass is 35.5. The van der Waals surface area contributed by atoms with Crippen molar-refractivity contribution in [2.45, 2.75) is 12.3 Å². The van der Waals surface area contributed by atoms with Crippen molar-refractivity contribution in [1.29, 1.82) is 0 Å². The van der Waals surface area contributed by atoms with E-state index in [1.54, 1.807) is 0 Å². The fourth-order valence-corrected chi connectivity index (χ4v) is 1.72. The second kappa shape index (κ2) is 5.97. The molecule has 1 rings (SSSR count). The normalized spacial score (nSPS) is 13.5. The maximum absolute atomic E-state index is 12.6. The molecule has 1 unspecified atom stereocenters. The summed E-state index contributed by atoms with van der Waals surface area (Å²) in [5, 5.41) is 19.5. The van der Waals surface area contributed by atoms with Crippen molar-refractivity contribution in [2.75, 3.05) is 18.5 Å². The molecule has 18 heavy (non-hydrogen) atoms. The minimum atomic E-state index is -4.62. The van der Waals surface area contributed by atoms with Gasteiger partial charge in [-0.3, -0.25) is 0 Å². The minimum absolute atomic E-state index is 0.0519. The molecule has 3 N–H and O–H groups in total. The molecule has 0 aliphatic heterocycles. The van der Waals surface area contributed by atoms with E-state index in [2.05, 4.69) is 5.32 Å². The lowest BCUT2D eigenvalue weighted by Gasteiger charge is -2.16. The van der Waals surface area contributed by atoms with E-state index in [1.807, 2.05) is 0 Å². The summed E-state index contributed by atoms with van der Waals surface area (Å²) in [6.07, 6.45) is -5.72. The third-order valence-electron chi connectivity index (χ3n) is 2.08. The number of rotatable bonds is 4. The number of hydrogen-bond acceptors (Lipinski definition) is 3. The van der Waals surface area contributed by atoms with E-state index in [9.17, 15) is 13.2 Å². The summed E-state index contributed by atoms with van der Waals surface area (Å²) in [5.41, 5.74) is -1.11. The summed E-state index contributed by atoms with van der Waals surface area (Å²) in [7, 11) is 0. The molecule has 0 fully saturated rings. The molecule has 0 spiro atoms. The fourth-order valence-electron chi connectivity index (χ4n) is 1.22. The zero-order valence-corrected chi connectivity index (χ0v) is 10.4. The molecule has 0 saturated carbocycles. The molecule has 0 radical (unpaired) electrons. The first-order valence-electron chi connectivity index (χ1n) is 4.84. The first kappa shape index (κ1) is 15.4. The second-order valence-corrected chi connectivity index (χ2v) is 4.34. The Labute approximate surface area is 111 Å². The lowest BCUT2D eigenvalue weighted by atomic mass is 10.2. The van der Waals surface area contributed by atoms with Gasteiger partial charge >= 0.3 is 6.18 Å². The number of halogens is 5. The molecule has 0 aromatic heterocycles. The van der Waals surface area contributed by atoms with Gasteiger partial charge in [-0.15, -0.1) is 0 Å². The lowest BCUT2D eigenvalue weighted by Crippen LogP contribution is -2.23. The van der Waals surface area contributed by atoms with Crippen LogP contribution in [0.15, 0.2) is 12.1 Å². The van der Waals surface area contributed by atoms with Crippen molar-refractivity contribution >= 4 is 28.9 Å². The fraction of sp³-hybridized carbons (Fsp3) is 0.400.